The summed E-state index contributed by atoms with van der Waals surface area (Å²) >= 11 is 6.09. The Balaban J connectivity index is 1.89. The Hall–Kier alpha value is -2.53. The van der Waals surface area contributed by atoms with Crippen molar-refractivity contribution in [2.24, 2.45) is 0 Å². The lowest BCUT2D eigenvalue weighted by Gasteiger charge is -2.10. The van der Waals surface area contributed by atoms with E-state index in [1.165, 1.54) is 7.11 Å². The molecule has 0 unspecified atom stereocenters. The highest BCUT2D eigenvalue weighted by atomic mass is 35.5. The molecule has 0 heterocycles. The first-order chi connectivity index (χ1) is 11.5. The number of halogens is 1. The fourth-order valence-corrected chi connectivity index (χ4v) is 2.35. The Morgan fingerprint density at radius 2 is 1.96 bits per heavy atom. The third-order valence-electron chi connectivity index (χ3n) is 3.36. The van der Waals surface area contributed by atoms with Gasteiger partial charge in [0, 0.05) is 18.7 Å². The van der Waals surface area contributed by atoms with Crippen molar-refractivity contribution in [1.29, 1.82) is 0 Å². The molecule has 5 nitrogen and oxygen atoms in total. The van der Waals surface area contributed by atoms with E-state index < -0.39 is 5.97 Å². The second-order valence-electron chi connectivity index (χ2n) is 5.28. The van der Waals surface area contributed by atoms with Crippen LogP contribution >= 0.6 is 11.6 Å². The standard InChI is InChI=1S/C18H19ClN2O3/c1-12-4-3-5-14(10-12)21-17(22)8-9-20-16-11-13(18(23)24-2)6-7-15(16)19/h3-7,10-11,20H,8-9H2,1-2H3,(H,21,22). The number of ether oxygens (including phenoxy) is 1. The Labute approximate surface area is 146 Å². The molecule has 1 amide bonds. The van der Waals surface area contributed by atoms with Crippen molar-refractivity contribution in [3.63, 3.8) is 0 Å². The van der Waals surface area contributed by atoms with Crippen LogP contribution in [0.2, 0.25) is 5.02 Å². The van der Waals surface area contributed by atoms with Gasteiger partial charge in [-0.25, -0.2) is 4.79 Å². The van der Waals surface area contributed by atoms with Crippen molar-refractivity contribution >= 4 is 34.9 Å². The first-order valence-electron chi connectivity index (χ1n) is 7.48. The molecule has 0 saturated heterocycles. The smallest absolute Gasteiger partial charge is 0.337 e. The summed E-state index contributed by atoms with van der Waals surface area (Å²) in [5.74, 6) is -0.541. The summed E-state index contributed by atoms with van der Waals surface area (Å²) in [5.41, 5.74) is 2.83. The van der Waals surface area contributed by atoms with Crippen LogP contribution in [0.15, 0.2) is 42.5 Å². The van der Waals surface area contributed by atoms with Crippen LogP contribution in [0.3, 0.4) is 0 Å². The molecule has 0 fully saturated rings. The molecule has 0 aliphatic rings. The molecule has 2 aromatic rings. The summed E-state index contributed by atoms with van der Waals surface area (Å²) in [5, 5.41) is 6.37. The topological polar surface area (TPSA) is 67.4 Å². The van der Waals surface area contributed by atoms with Crippen molar-refractivity contribution in [3.05, 3.63) is 58.6 Å². The van der Waals surface area contributed by atoms with Gasteiger partial charge in [0.2, 0.25) is 5.91 Å². The highest BCUT2D eigenvalue weighted by molar-refractivity contribution is 6.33. The molecule has 0 bridgehead atoms. The van der Waals surface area contributed by atoms with E-state index in [-0.39, 0.29) is 12.3 Å². The second kappa shape index (κ2) is 8.36. The molecular formula is C18H19ClN2O3. The molecule has 2 N–H and O–H groups in total. The SMILES string of the molecule is COC(=O)c1ccc(Cl)c(NCCC(=O)Nc2cccc(C)c2)c1. The molecule has 6 heteroatoms. The van der Waals surface area contributed by atoms with Crippen molar-refractivity contribution in [2.75, 3.05) is 24.3 Å². The summed E-state index contributed by atoms with van der Waals surface area (Å²) in [6.45, 7) is 2.36. The number of methoxy groups -OCH3 is 1. The Kier molecular flexibility index (Phi) is 6.21. The molecule has 0 aliphatic carbocycles. The lowest BCUT2D eigenvalue weighted by atomic mass is 10.2. The van der Waals surface area contributed by atoms with Crippen molar-refractivity contribution in [2.45, 2.75) is 13.3 Å². The Bertz CT molecular complexity index is 747. The molecule has 0 radical (unpaired) electrons. The van der Waals surface area contributed by atoms with E-state index in [1.54, 1.807) is 18.2 Å². The number of anilines is 2. The molecule has 0 spiro atoms. The minimum Gasteiger partial charge on any atom is -0.465 e. The number of rotatable bonds is 6. The van der Waals surface area contributed by atoms with Crippen LogP contribution < -0.4 is 10.6 Å². The number of aryl methyl sites for hydroxylation is 1. The van der Waals surface area contributed by atoms with E-state index in [0.29, 0.717) is 22.8 Å². The number of nitrogens with one attached hydrogen (secondary N) is 2. The lowest BCUT2D eigenvalue weighted by Crippen LogP contribution is -2.16. The molecule has 0 aromatic heterocycles. The fourth-order valence-electron chi connectivity index (χ4n) is 2.16. The highest BCUT2D eigenvalue weighted by Crippen LogP contribution is 2.23. The Morgan fingerprint density at radius 1 is 1.17 bits per heavy atom. The molecule has 0 aliphatic heterocycles. The molecular weight excluding hydrogens is 328 g/mol. The third-order valence-corrected chi connectivity index (χ3v) is 3.69. The summed E-state index contributed by atoms with van der Waals surface area (Å²) in [4.78, 5) is 23.5. The maximum Gasteiger partial charge on any atom is 0.337 e. The van der Waals surface area contributed by atoms with E-state index in [0.717, 1.165) is 11.3 Å². The zero-order chi connectivity index (χ0) is 17.5. The number of carbonyl (C=O) groups is 2. The molecule has 0 saturated carbocycles. The number of amides is 1. The maximum atomic E-state index is 12.0. The quantitative estimate of drug-likeness (QED) is 0.779. The van der Waals surface area contributed by atoms with Crippen LogP contribution in [0.4, 0.5) is 11.4 Å². The van der Waals surface area contributed by atoms with Gasteiger partial charge in [0.15, 0.2) is 0 Å². The largest absolute Gasteiger partial charge is 0.465 e. The fraction of sp³-hybridized carbons (Fsp3) is 0.222. The highest BCUT2D eigenvalue weighted by Gasteiger charge is 2.09. The van der Waals surface area contributed by atoms with Crippen molar-refractivity contribution in [1.82, 2.24) is 0 Å². The first kappa shape index (κ1) is 17.8. The number of hydrogen-bond acceptors (Lipinski definition) is 4. The van der Waals surface area contributed by atoms with Crippen LogP contribution in [-0.4, -0.2) is 25.5 Å². The van der Waals surface area contributed by atoms with Gasteiger partial charge in [0.05, 0.1) is 23.4 Å². The number of carbonyl (C=O) groups excluding carboxylic acids is 2. The van der Waals surface area contributed by atoms with Gasteiger partial charge in [0.25, 0.3) is 0 Å². The van der Waals surface area contributed by atoms with Crippen LogP contribution in [0, 0.1) is 6.92 Å². The van der Waals surface area contributed by atoms with Crippen LogP contribution in [0.5, 0.6) is 0 Å². The number of hydrogen-bond donors (Lipinski definition) is 2. The van der Waals surface area contributed by atoms with Gasteiger partial charge in [-0.3, -0.25) is 4.79 Å². The average molecular weight is 347 g/mol. The lowest BCUT2D eigenvalue weighted by molar-refractivity contribution is -0.115. The second-order valence-corrected chi connectivity index (χ2v) is 5.69. The van der Waals surface area contributed by atoms with Gasteiger partial charge in [0.1, 0.15) is 0 Å². The predicted octanol–water partition coefficient (Wildman–Crippen LogP) is 3.88. The van der Waals surface area contributed by atoms with Gasteiger partial charge in [-0.1, -0.05) is 23.7 Å². The summed E-state index contributed by atoms with van der Waals surface area (Å²) < 4.78 is 4.68. The minimum absolute atomic E-state index is 0.103. The molecule has 0 atom stereocenters. The maximum absolute atomic E-state index is 12.0. The number of esters is 1. The van der Waals surface area contributed by atoms with Gasteiger partial charge in [-0.2, -0.15) is 0 Å². The number of benzene rings is 2. The van der Waals surface area contributed by atoms with Crippen molar-refractivity contribution < 1.29 is 14.3 Å². The van der Waals surface area contributed by atoms with Gasteiger partial charge < -0.3 is 15.4 Å². The van der Waals surface area contributed by atoms with Crippen LogP contribution in [0.25, 0.3) is 0 Å². The first-order valence-corrected chi connectivity index (χ1v) is 7.85. The Morgan fingerprint density at radius 3 is 2.67 bits per heavy atom. The van der Waals surface area contributed by atoms with Crippen LogP contribution in [0.1, 0.15) is 22.3 Å². The van der Waals surface area contributed by atoms with E-state index in [4.69, 9.17) is 11.6 Å². The van der Waals surface area contributed by atoms with E-state index >= 15 is 0 Å². The zero-order valence-corrected chi connectivity index (χ0v) is 14.3. The molecule has 2 aromatic carbocycles. The van der Waals surface area contributed by atoms with E-state index in [2.05, 4.69) is 15.4 Å². The normalized spacial score (nSPS) is 10.1. The van der Waals surface area contributed by atoms with Gasteiger partial charge >= 0.3 is 5.97 Å². The molecule has 2 rings (SSSR count). The van der Waals surface area contributed by atoms with E-state index in [9.17, 15) is 9.59 Å². The van der Waals surface area contributed by atoms with Crippen molar-refractivity contribution in [3.8, 4) is 0 Å². The summed E-state index contributed by atoms with van der Waals surface area (Å²) in [7, 11) is 1.32. The predicted molar refractivity (Wildman–Crippen MR) is 95.7 cm³/mol. The monoisotopic (exact) mass is 346 g/mol. The molecule has 126 valence electrons. The molecule has 24 heavy (non-hydrogen) atoms. The van der Waals surface area contributed by atoms with E-state index in [1.807, 2.05) is 31.2 Å². The van der Waals surface area contributed by atoms with Gasteiger partial charge in [-0.15, -0.1) is 0 Å². The third kappa shape index (κ3) is 4.99. The summed E-state index contributed by atoms with van der Waals surface area (Å²) in [6, 6.07) is 12.4. The zero-order valence-electron chi connectivity index (χ0n) is 13.6. The summed E-state index contributed by atoms with van der Waals surface area (Å²) in [6.07, 6.45) is 0.271. The average Bonchev–Trinajstić information content (AvgIpc) is 2.56. The van der Waals surface area contributed by atoms with Gasteiger partial charge in [-0.05, 0) is 42.8 Å². The minimum atomic E-state index is -0.438. The van der Waals surface area contributed by atoms with Crippen LogP contribution in [-0.2, 0) is 9.53 Å².